The van der Waals surface area contributed by atoms with Crippen molar-refractivity contribution in [1.29, 1.82) is 0 Å². The minimum atomic E-state index is -0.378. The quantitative estimate of drug-likeness (QED) is 0.449. The summed E-state index contributed by atoms with van der Waals surface area (Å²) in [6.45, 7) is 2.94. The molecule has 2 amide bonds. The fraction of sp³-hybridized carbons (Fsp3) is 0.619. The van der Waals surface area contributed by atoms with Crippen LogP contribution >= 0.6 is 0 Å². The van der Waals surface area contributed by atoms with Gasteiger partial charge in [0.15, 0.2) is 0 Å². The van der Waals surface area contributed by atoms with Crippen LogP contribution in [0, 0.1) is 16.0 Å². The van der Waals surface area contributed by atoms with Crippen molar-refractivity contribution in [3.63, 3.8) is 0 Å². The molecule has 2 fully saturated rings. The van der Waals surface area contributed by atoms with Crippen LogP contribution in [-0.4, -0.2) is 53.9 Å². The van der Waals surface area contributed by atoms with Crippen LogP contribution in [0.25, 0.3) is 0 Å². The van der Waals surface area contributed by atoms with Crippen LogP contribution in [0.2, 0.25) is 0 Å². The van der Waals surface area contributed by atoms with Crippen molar-refractivity contribution in [2.75, 3.05) is 31.1 Å². The number of nitro groups is 1. The zero-order chi connectivity index (χ0) is 20.4. The number of piperidine rings is 1. The molecule has 2 atom stereocenters. The largest absolute Gasteiger partial charge is 0.368 e. The summed E-state index contributed by atoms with van der Waals surface area (Å²) in [5.74, 6) is 0.0321. The number of hydrogen-bond donors (Lipinski definition) is 1. The molecule has 29 heavy (non-hydrogen) atoms. The maximum absolute atomic E-state index is 13.0. The number of nitrogens with one attached hydrogen (secondary N) is 1. The predicted molar refractivity (Wildman–Crippen MR) is 109 cm³/mol. The number of carbonyl (C=O) groups excluding carboxylic acids is 2. The zero-order valence-electron chi connectivity index (χ0n) is 16.6. The van der Waals surface area contributed by atoms with E-state index in [2.05, 4.69) is 10.2 Å². The number of amides is 2. The Labute approximate surface area is 170 Å². The molecule has 3 aliphatic rings. The molecule has 156 valence electrons. The van der Waals surface area contributed by atoms with E-state index >= 15 is 0 Å². The SMILES string of the molecule is O=C(NCCCN1CCCC1=O)C1Cc2cc([N+](=O)[O-])ccc2N2CCCCC12. The highest BCUT2D eigenvalue weighted by Crippen LogP contribution is 2.39. The standard InChI is InChI=1S/C21H28N4O4/c26-20-6-3-10-23(20)11-4-9-22-21(27)17-14-15-13-16(25(28)29)7-8-18(15)24-12-2-1-5-19(17)24/h7-8,13,17,19H,1-6,9-12,14H2,(H,22,27). The second kappa shape index (κ2) is 8.39. The number of fused-ring (bicyclic) bond motifs is 3. The average molecular weight is 400 g/mol. The van der Waals surface area contributed by atoms with E-state index in [-0.39, 0.29) is 34.4 Å². The van der Waals surface area contributed by atoms with Crippen molar-refractivity contribution in [1.82, 2.24) is 10.2 Å². The number of rotatable bonds is 6. The van der Waals surface area contributed by atoms with E-state index < -0.39 is 0 Å². The minimum Gasteiger partial charge on any atom is -0.368 e. The lowest BCUT2D eigenvalue weighted by Crippen LogP contribution is -2.53. The Balaban J connectivity index is 1.42. The van der Waals surface area contributed by atoms with E-state index in [9.17, 15) is 19.7 Å². The van der Waals surface area contributed by atoms with Gasteiger partial charge in [-0.3, -0.25) is 19.7 Å². The van der Waals surface area contributed by atoms with Gasteiger partial charge in [0, 0.05) is 56.5 Å². The zero-order valence-corrected chi connectivity index (χ0v) is 16.6. The number of hydrogen-bond acceptors (Lipinski definition) is 5. The summed E-state index contributed by atoms with van der Waals surface area (Å²) in [5.41, 5.74) is 2.01. The first-order chi connectivity index (χ1) is 14.0. The van der Waals surface area contributed by atoms with Gasteiger partial charge in [0.1, 0.15) is 0 Å². The molecular weight excluding hydrogens is 372 g/mol. The van der Waals surface area contributed by atoms with Gasteiger partial charge < -0.3 is 15.1 Å². The molecule has 0 aromatic heterocycles. The van der Waals surface area contributed by atoms with Crippen LogP contribution in [0.5, 0.6) is 0 Å². The molecule has 8 nitrogen and oxygen atoms in total. The van der Waals surface area contributed by atoms with E-state index in [1.54, 1.807) is 12.1 Å². The van der Waals surface area contributed by atoms with Crippen molar-refractivity contribution >= 4 is 23.2 Å². The van der Waals surface area contributed by atoms with Gasteiger partial charge in [-0.1, -0.05) is 0 Å². The maximum atomic E-state index is 13.0. The number of nitrogens with zero attached hydrogens (tertiary/aromatic N) is 3. The molecule has 2 unspecified atom stereocenters. The topological polar surface area (TPSA) is 95.8 Å². The molecule has 0 spiro atoms. The van der Waals surface area contributed by atoms with Gasteiger partial charge in [0.05, 0.1) is 10.8 Å². The third-order valence-corrected chi connectivity index (χ3v) is 6.45. The lowest BCUT2D eigenvalue weighted by atomic mass is 9.80. The van der Waals surface area contributed by atoms with Crippen molar-refractivity contribution in [2.45, 2.75) is 51.0 Å². The van der Waals surface area contributed by atoms with Crippen LogP contribution in [0.1, 0.15) is 44.1 Å². The van der Waals surface area contributed by atoms with Gasteiger partial charge in [0.25, 0.3) is 5.69 Å². The third-order valence-electron chi connectivity index (χ3n) is 6.45. The van der Waals surface area contributed by atoms with Crippen molar-refractivity contribution < 1.29 is 14.5 Å². The highest BCUT2D eigenvalue weighted by molar-refractivity contribution is 5.82. The summed E-state index contributed by atoms with van der Waals surface area (Å²) in [6.07, 6.45) is 6.00. The smallest absolute Gasteiger partial charge is 0.269 e. The van der Waals surface area contributed by atoms with Gasteiger partial charge in [-0.25, -0.2) is 0 Å². The Morgan fingerprint density at radius 1 is 1.24 bits per heavy atom. The van der Waals surface area contributed by atoms with E-state index in [0.717, 1.165) is 56.4 Å². The normalized spacial score (nSPS) is 23.5. The summed E-state index contributed by atoms with van der Waals surface area (Å²) in [7, 11) is 0. The van der Waals surface area contributed by atoms with Crippen molar-refractivity contribution in [3.05, 3.63) is 33.9 Å². The van der Waals surface area contributed by atoms with Gasteiger partial charge in [-0.15, -0.1) is 0 Å². The van der Waals surface area contributed by atoms with E-state index in [4.69, 9.17) is 0 Å². The molecule has 0 aliphatic carbocycles. The van der Waals surface area contributed by atoms with E-state index in [1.165, 1.54) is 0 Å². The Hall–Kier alpha value is -2.64. The second-order valence-corrected chi connectivity index (χ2v) is 8.27. The van der Waals surface area contributed by atoms with E-state index in [1.807, 2.05) is 11.0 Å². The number of non-ortho nitro benzene ring substituents is 1. The number of likely N-dealkylation sites (tertiary alicyclic amines) is 1. The number of carbonyl (C=O) groups is 2. The van der Waals surface area contributed by atoms with Crippen LogP contribution in [0.4, 0.5) is 11.4 Å². The summed E-state index contributed by atoms with van der Waals surface area (Å²) in [4.78, 5) is 39.6. The van der Waals surface area contributed by atoms with E-state index in [0.29, 0.717) is 25.9 Å². The van der Waals surface area contributed by atoms with Crippen molar-refractivity contribution in [3.8, 4) is 0 Å². The molecule has 3 heterocycles. The monoisotopic (exact) mass is 400 g/mol. The lowest BCUT2D eigenvalue weighted by Gasteiger charge is -2.45. The Kier molecular flexibility index (Phi) is 5.69. The molecule has 0 saturated carbocycles. The molecule has 1 aromatic rings. The summed E-state index contributed by atoms with van der Waals surface area (Å²) < 4.78 is 0. The van der Waals surface area contributed by atoms with Gasteiger partial charge in [-0.2, -0.15) is 0 Å². The van der Waals surface area contributed by atoms with Gasteiger partial charge in [-0.05, 0) is 50.2 Å². The molecule has 3 aliphatic heterocycles. The first-order valence-corrected chi connectivity index (χ1v) is 10.6. The lowest BCUT2D eigenvalue weighted by molar-refractivity contribution is -0.384. The maximum Gasteiger partial charge on any atom is 0.269 e. The third kappa shape index (κ3) is 4.06. The Morgan fingerprint density at radius 3 is 2.86 bits per heavy atom. The van der Waals surface area contributed by atoms with Gasteiger partial charge >= 0.3 is 0 Å². The summed E-state index contributed by atoms with van der Waals surface area (Å²) in [6, 6.07) is 5.18. The summed E-state index contributed by atoms with van der Waals surface area (Å²) >= 11 is 0. The fourth-order valence-corrected chi connectivity index (χ4v) is 5.00. The van der Waals surface area contributed by atoms with Gasteiger partial charge in [0.2, 0.25) is 11.8 Å². The number of nitro benzene ring substituents is 1. The van der Waals surface area contributed by atoms with Crippen LogP contribution in [0.3, 0.4) is 0 Å². The number of benzene rings is 1. The second-order valence-electron chi connectivity index (χ2n) is 8.27. The molecule has 1 N–H and O–H groups in total. The first kappa shape index (κ1) is 19.7. The molecule has 2 saturated heterocycles. The molecule has 0 bridgehead atoms. The predicted octanol–water partition coefficient (Wildman–Crippen LogP) is 2.25. The van der Waals surface area contributed by atoms with Crippen LogP contribution in [0.15, 0.2) is 18.2 Å². The number of anilines is 1. The molecule has 4 rings (SSSR count). The minimum absolute atomic E-state index is 0.0202. The van der Waals surface area contributed by atoms with Crippen LogP contribution in [-0.2, 0) is 16.0 Å². The van der Waals surface area contributed by atoms with Crippen LogP contribution < -0.4 is 10.2 Å². The molecule has 1 aromatic carbocycles. The highest BCUT2D eigenvalue weighted by Gasteiger charge is 2.39. The first-order valence-electron chi connectivity index (χ1n) is 10.6. The molecule has 8 heteroatoms. The average Bonchev–Trinajstić information content (AvgIpc) is 3.14. The summed E-state index contributed by atoms with van der Waals surface area (Å²) in [5, 5.41) is 14.2. The highest BCUT2D eigenvalue weighted by atomic mass is 16.6. The Bertz CT molecular complexity index is 812. The van der Waals surface area contributed by atoms with Crippen molar-refractivity contribution in [2.24, 2.45) is 5.92 Å². The Morgan fingerprint density at radius 2 is 2.10 bits per heavy atom. The molecule has 0 radical (unpaired) electrons. The fourth-order valence-electron chi connectivity index (χ4n) is 5.00. The molecular formula is C21H28N4O4.